The molecule has 2 aliphatic rings. The highest BCUT2D eigenvalue weighted by atomic mass is 16.6. The van der Waals surface area contributed by atoms with Crippen molar-refractivity contribution < 1.29 is 14.6 Å². The fraction of sp³-hybridized carbons (Fsp3) is 1.00. The Morgan fingerprint density at radius 2 is 2.42 bits per heavy atom. The fourth-order valence-corrected chi connectivity index (χ4v) is 2.22. The van der Waals surface area contributed by atoms with Gasteiger partial charge in [-0.3, -0.25) is 0 Å². The van der Waals surface area contributed by atoms with E-state index in [-0.39, 0.29) is 18.3 Å². The van der Waals surface area contributed by atoms with E-state index in [0.29, 0.717) is 12.7 Å². The monoisotopic (exact) mass is 172 g/mol. The van der Waals surface area contributed by atoms with Crippen molar-refractivity contribution in [3.8, 4) is 0 Å². The molecule has 3 atom stereocenters. The Morgan fingerprint density at radius 1 is 1.58 bits per heavy atom. The van der Waals surface area contributed by atoms with E-state index in [1.807, 2.05) is 0 Å². The molecule has 0 aromatic rings. The molecule has 0 aliphatic carbocycles. The van der Waals surface area contributed by atoms with Crippen LogP contribution in [0.2, 0.25) is 0 Å². The smallest absolute Gasteiger partial charge is 0.0945 e. The van der Waals surface area contributed by atoms with E-state index in [1.165, 1.54) is 0 Å². The highest BCUT2D eigenvalue weighted by Gasteiger charge is 2.45. The van der Waals surface area contributed by atoms with Crippen molar-refractivity contribution >= 4 is 0 Å². The Labute approximate surface area is 72.7 Å². The first-order chi connectivity index (χ1) is 5.74. The predicted octanol–water partition coefficient (Wildman–Crippen LogP) is 0.705. The second-order valence-electron chi connectivity index (χ2n) is 3.97. The molecular formula is C9H16O3. The zero-order chi connectivity index (χ0) is 8.60. The van der Waals surface area contributed by atoms with Crippen LogP contribution in [0.5, 0.6) is 0 Å². The number of aliphatic hydroxyl groups excluding tert-OH is 1. The van der Waals surface area contributed by atoms with Crippen LogP contribution in [0.25, 0.3) is 0 Å². The number of hydrogen-bond donors (Lipinski definition) is 1. The van der Waals surface area contributed by atoms with Crippen molar-refractivity contribution in [1.82, 2.24) is 0 Å². The zero-order valence-electron chi connectivity index (χ0n) is 7.45. The highest BCUT2D eigenvalue weighted by molar-refractivity contribution is 4.94. The maximum atomic E-state index is 8.91. The van der Waals surface area contributed by atoms with Crippen LogP contribution in [-0.4, -0.2) is 36.1 Å². The second-order valence-corrected chi connectivity index (χ2v) is 3.97. The van der Waals surface area contributed by atoms with Crippen LogP contribution in [0.1, 0.15) is 26.2 Å². The molecule has 3 heteroatoms. The summed E-state index contributed by atoms with van der Waals surface area (Å²) in [7, 11) is 0. The van der Waals surface area contributed by atoms with Gasteiger partial charge in [-0.25, -0.2) is 0 Å². The molecule has 2 saturated heterocycles. The normalized spacial score (nSPS) is 47.5. The largest absolute Gasteiger partial charge is 0.394 e. The van der Waals surface area contributed by atoms with Gasteiger partial charge in [0.15, 0.2) is 0 Å². The first-order valence-corrected chi connectivity index (χ1v) is 4.64. The van der Waals surface area contributed by atoms with E-state index in [4.69, 9.17) is 14.6 Å². The van der Waals surface area contributed by atoms with Crippen molar-refractivity contribution in [3.05, 3.63) is 0 Å². The Kier molecular flexibility index (Phi) is 2.10. The minimum absolute atomic E-state index is 0.0488. The molecule has 1 spiro atoms. The lowest BCUT2D eigenvalue weighted by molar-refractivity contribution is -0.0611. The van der Waals surface area contributed by atoms with Gasteiger partial charge >= 0.3 is 0 Å². The summed E-state index contributed by atoms with van der Waals surface area (Å²) < 4.78 is 11.2. The fourth-order valence-electron chi connectivity index (χ4n) is 2.22. The summed E-state index contributed by atoms with van der Waals surface area (Å²) in [6, 6.07) is 0. The van der Waals surface area contributed by atoms with Crippen LogP contribution in [-0.2, 0) is 9.47 Å². The molecule has 0 aromatic heterocycles. The van der Waals surface area contributed by atoms with Gasteiger partial charge in [0.25, 0.3) is 0 Å². The average molecular weight is 172 g/mol. The van der Waals surface area contributed by atoms with Gasteiger partial charge in [-0.2, -0.15) is 0 Å². The van der Waals surface area contributed by atoms with E-state index < -0.39 is 0 Å². The summed E-state index contributed by atoms with van der Waals surface area (Å²) in [5.74, 6) is 0. The van der Waals surface area contributed by atoms with Crippen LogP contribution in [0.3, 0.4) is 0 Å². The first kappa shape index (κ1) is 8.48. The van der Waals surface area contributed by atoms with Gasteiger partial charge in [0, 0.05) is 6.42 Å². The third kappa shape index (κ3) is 1.37. The van der Waals surface area contributed by atoms with E-state index in [0.717, 1.165) is 19.3 Å². The van der Waals surface area contributed by atoms with Crippen LogP contribution < -0.4 is 0 Å². The molecule has 0 amide bonds. The maximum Gasteiger partial charge on any atom is 0.0945 e. The van der Waals surface area contributed by atoms with E-state index in [9.17, 15) is 0 Å². The van der Waals surface area contributed by atoms with Crippen molar-refractivity contribution in [1.29, 1.82) is 0 Å². The molecule has 0 unspecified atom stereocenters. The molecular weight excluding hydrogens is 156 g/mol. The van der Waals surface area contributed by atoms with Gasteiger partial charge in [-0.15, -0.1) is 0 Å². The van der Waals surface area contributed by atoms with Gasteiger partial charge in [-0.1, -0.05) is 0 Å². The molecule has 2 aliphatic heterocycles. The molecule has 0 radical (unpaired) electrons. The highest BCUT2D eigenvalue weighted by Crippen LogP contribution is 2.39. The number of rotatable bonds is 1. The average Bonchev–Trinajstić information content (AvgIpc) is 2.61. The third-order valence-corrected chi connectivity index (χ3v) is 2.83. The zero-order valence-corrected chi connectivity index (χ0v) is 7.45. The second kappa shape index (κ2) is 2.98. The standard InChI is InChI=1S/C9H16O3/c1-7-4-9(6-11-7)3-2-8(5-10)12-9/h7-8,10H,2-6H2,1H3/t7-,8-,9-/m1/s1. The maximum absolute atomic E-state index is 8.91. The van der Waals surface area contributed by atoms with Crippen molar-refractivity contribution in [2.75, 3.05) is 13.2 Å². The minimum atomic E-state index is -0.0488. The van der Waals surface area contributed by atoms with Crippen LogP contribution in [0, 0.1) is 0 Å². The van der Waals surface area contributed by atoms with Crippen LogP contribution >= 0.6 is 0 Å². The number of aliphatic hydroxyl groups is 1. The Morgan fingerprint density at radius 3 is 2.92 bits per heavy atom. The molecule has 70 valence electrons. The first-order valence-electron chi connectivity index (χ1n) is 4.64. The molecule has 0 bridgehead atoms. The summed E-state index contributed by atoms with van der Waals surface area (Å²) >= 11 is 0. The summed E-state index contributed by atoms with van der Waals surface area (Å²) in [5.41, 5.74) is -0.0488. The summed E-state index contributed by atoms with van der Waals surface area (Å²) in [5, 5.41) is 8.91. The van der Waals surface area contributed by atoms with Gasteiger partial charge in [0.05, 0.1) is 31.0 Å². The molecule has 3 nitrogen and oxygen atoms in total. The van der Waals surface area contributed by atoms with Crippen LogP contribution in [0.15, 0.2) is 0 Å². The molecule has 12 heavy (non-hydrogen) atoms. The Bertz CT molecular complexity index is 171. The van der Waals surface area contributed by atoms with Gasteiger partial charge in [0.1, 0.15) is 0 Å². The summed E-state index contributed by atoms with van der Waals surface area (Å²) in [6.07, 6.45) is 3.39. The quantitative estimate of drug-likeness (QED) is 0.633. The SMILES string of the molecule is C[C@@H]1C[C@]2(CC[C@H](CO)O2)CO1. The Balaban J connectivity index is 1.97. The van der Waals surface area contributed by atoms with E-state index in [1.54, 1.807) is 0 Å². The summed E-state index contributed by atoms with van der Waals surface area (Å²) in [4.78, 5) is 0. The van der Waals surface area contributed by atoms with E-state index in [2.05, 4.69) is 6.92 Å². The van der Waals surface area contributed by atoms with Gasteiger partial charge in [-0.05, 0) is 19.8 Å². The predicted molar refractivity (Wildman–Crippen MR) is 44.0 cm³/mol. The van der Waals surface area contributed by atoms with Crippen LogP contribution in [0.4, 0.5) is 0 Å². The molecule has 2 rings (SSSR count). The lowest BCUT2D eigenvalue weighted by atomic mass is 9.97. The van der Waals surface area contributed by atoms with Gasteiger partial charge < -0.3 is 14.6 Å². The summed E-state index contributed by atoms with van der Waals surface area (Å²) in [6.45, 7) is 2.94. The molecule has 2 heterocycles. The van der Waals surface area contributed by atoms with Crippen molar-refractivity contribution in [2.24, 2.45) is 0 Å². The van der Waals surface area contributed by atoms with E-state index >= 15 is 0 Å². The number of ether oxygens (including phenoxy) is 2. The molecule has 0 saturated carbocycles. The molecule has 1 N–H and O–H groups in total. The molecule has 2 fully saturated rings. The lowest BCUT2D eigenvalue weighted by Gasteiger charge is -2.21. The lowest BCUT2D eigenvalue weighted by Crippen LogP contribution is -2.30. The minimum Gasteiger partial charge on any atom is -0.394 e. The van der Waals surface area contributed by atoms with Gasteiger partial charge in [0.2, 0.25) is 0 Å². The Hall–Kier alpha value is -0.120. The van der Waals surface area contributed by atoms with Crippen molar-refractivity contribution in [3.63, 3.8) is 0 Å². The number of hydrogen-bond acceptors (Lipinski definition) is 3. The van der Waals surface area contributed by atoms with Crippen molar-refractivity contribution in [2.45, 2.75) is 44.0 Å². The topological polar surface area (TPSA) is 38.7 Å². The third-order valence-electron chi connectivity index (χ3n) is 2.83. The molecule has 0 aromatic carbocycles.